The van der Waals surface area contributed by atoms with Crippen LogP contribution in [-0.2, 0) is 13.0 Å². The average molecular weight is 316 g/mol. The van der Waals surface area contributed by atoms with Crippen LogP contribution in [0.2, 0.25) is 0 Å². The minimum absolute atomic E-state index is 0.235. The van der Waals surface area contributed by atoms with Crippen molar-refractivity contribution in [3.8, 4) is 11.5 Å². The third kappa shape index (κ3) is 2.93. The van der Waals surface area contributed by atoms with E-state index in [9.17, 15) is 5.11 Å². The van der Waals surface area contributed by atoms with Crippen molar-refractivity contribution in [3.63, 3.8) is 0 Å². The normalized spacial score (nSPS) is 18.5. The monoisotopic (exact) mass is 316 g/mol. The van der Waals surface area contributed by atoms with Crippen molar-refractivity contribution in [2.75, 3.05) is 13.7 Å². The molecule has 1 aromatic carbocycles. The van der Waals surface area contributed by atoms with Crippen LogP contribution in [0.5, 0.6) is 11.5 Å². The summed E-state index contributed by atoms with van der Waals surface area (Å²) < 4.78 is 10.7. The van der Waals surface area contributed by atoms with Crippen LogP contribution in [0, 0.1) is 6.92 Å². The number of hydrogen-bond donors (Lipinski definition) is 1. The summed E-state index contributed by atoms with van der Waals surface area (Å²) >= 11 is 0. The third-order valence-electron chi connectivity index (χ3n) is 4.68. The van der Waals surface area contributed by atoms with Crippen LogP contribution in [0.15, 0.2) is 22.7 Å². The number of aromatic nitrogens is 1. The van der Waals surface area contributed by atoms with Gasteiger partial charge in [-0.3, -0.25) is 4.90 Å². The number of benzene rings is 1. The van der Waals surface area contributed by atoms with E-state index in [0.717, 1.165) is 42.8 Å². The van der Waals surface area contributed by atoms with Gasteiger partial charge < -0.3 is 14.4 Å². The zero-order valence-corrected chi connectivity index (χ0v) is 14.0. The van der Waals surface area contributed by atoms with Gasteiger partial charge in [0.2, 0.25) is 0 Å². The van der Waals surface area contributed by atoms with Crippen LogP contribution >= 0.6 is 0 Å². The number of para-hydroxylation sites is 1. The summed E-state index contributed by atoms with van der Waals surface area (Å²) in [5.41, 5.74) is 3.10. The molecule has 3 rings (SSSR count). The number of hydrogen-bond acceptors (Lipinski definition) is 5. The van der Waals surface area contributed by atoms with Crippen LogP contribution in [0.4, 0.5) is 0 Å². The maximum Gasteiger partial charge on any atom is 0.162 e. The van der Waals surface area contributed by atoms with Crippen molar-refractivity contribution in [2.45, 2.75) is 45.7 Å². The standard InChI is InChI=1S/C18H24N2O3/c1-4-15-17(12(2)19-23-15)14-8-6-10-20(14)11-13-7-5-9-16(22-3)18(13)21/h5,7,9,14,21H,4,6,8,10-11H2,1-3H3/t14-/m0/s1. The highest BCUT2D eigenvalue weighted by Gasteiger charge is 2.31. The Bertz CT molecular complexity index is 681. The summed E-state index contributed by atoms with van der Waals surface area (Å²) in [5.74, 6) is 1.74. The zero-order valence-electron chi connectivity index (χ0n) is 14.0. The molecule has 0 bridgehead atoms. The number of likely N-dealkylation sites (tertiary alicyclic amines) is 1. The highest BCUT2D eigenvalue weighted by molar-refractivity contribution is 5.45. The second-order valence-corrected chi connectivity index (χ2v) is 6.05. The fraction of sp³-hybridized carbons (Fsp3) is 0.500. The highest BCUT2D eigenvalue weighted by Crippen LogP contribution is 2.39. The van der Waals surface area contributed by atoms with Crippen LogP contribution in [-0.4, -0.2) is 28.8 Å². The molecule has 2 heterocycles. The van der Waals surface area contributed by atoms with Gasteiger partial charge in [-0.25, -0.2) is 0 Å². The highest BCUT2D eigenvalue weighted by atomic mass is 16.5. The third-order valence-corrected chi connectivity index (χ3v) is 4.68. The van der Waals surface area contributed by atoms with E-state index in [-0.39, 0.29) is 5.75 Å². The molecule has 0 saturated carbocycles. The van der Waals surface area contributed by atoms with E-state index < -0.39 is 0 Å². The molecule has 1 atom stereocenters. The lowest BCUT2D eigenvalue weighted by Gasteiger charge is -2.25. The predicted molar refractivity (Wildman–Crippen MR) is 87.7 cm³/mol. The minimum atomic E-state index is 0.235. The maximum atomic E-state index is 10.3. The van der Waals surface area contributed by atoms with Gasteiger partial charge in [-0.2, -0.15) is 0 Å². The molecule has 1 aliphatic heterocycles. The molecule has 1 N–H and O–H groups in total. The molecule has 2 aromatic rings. The second kappa shape index (κ2) is 6.62. The molecule has 1 aliphatic rings. The molecule has 0 amide bonds. The topological polar surface area (TPSA) is 58.7 Å². The van der Waals surface area contributed by atoms with Gasteiger partial charge in [0.05, 0.1) is 12.8 Å². The summed E-state index contributed by atoms with van der Waals surface area (Å²) in [6, 6.07) is 5.96. The summed E-state index contributed by atoms with van der Waals surface area (Å²) in [4.78, 5) is 2.40. The van der Waals surface area contributed by atoms with Gasteiger partial charge in [-0.1, -0.05) is 24.2 Å². The first-order valence-electron chi connectivity index (χ1n) is 8.19. The van der Waals surface area contributed by atoms with Crippen molar-refractivity contribution < 1.29 is 14.4 Å². The fourth-order valence-electron chi connectivity index (χ4n) is 3.53. The van der Waals surface area contributed by atoms with E-state index >= 15 is 0 Å². The van der Waals surface area contributed by atoms with E-state index in [0.29, 0.717) is 18.3 Å². The smallest absolute Gasteiger partial charge is 0.162 e. The van der Waals surface area contributed by atoms with Gasteiger partial charge in [0.25, 0.3) is 0 Å². The molecule has 0 spiro atoms. The first-order valence-corrected chi connectivity index (χ1v) is 8.19. The lowest BCUT2D eigenvalue weighted by atomic mass is 10.0. The largest absolute Gasteiger partial charge is 0.504 e. The van der Waals surface area contributed by atoms with Crippen molar-refractivity contribution in [2.24, 2.45) is 0 Å². The van der Waals surface area contributed by atoms with Gasteiger partial charge in [0.15, 0.2) is 11.5 Å². The van der Waals surface area contributed by atoms with Gasteiger partial charge in [-0.15, -0.1) is 0 Å². The van der Waals surface area contributed by atoms with Gasteiger partial charge in [0, 0.05) is 30.1 Å². The molecule has 5 nitrogen and oxygen atoms in total. The van der Waals surface area contributed by atoms with Crippen LogP contribution in [0.1, 0.15) is 48.4 Å². The minimum Gasteiger partial charge on any atom is -0.504 e. The molecular formula is C18H24N2O3. The quantitative estimate of drug-likeness (QED) is 0.913. The molecule has 0 aliphatic carbocycles. The Morgan fingerprint density at radius 3 is 3.00 bits per heavy atom. The van der Waals surface area contributed by atoms with Crippen LogP contribution in [0.3, 0.4) is 0 Å². The molecular weight excluding hydrogens is 292 g/mol. The van der Waals surface area contributed by atoms with Gasteiger partial charge in [-0.05, 0) is 32.4 Å². The first kappa shape index (κ1) is 15.9. The van der Waals surface area contributed by atoms with Crippen LogP contribution in [0.25, 0.3) is 0 Å². The number of rotatable bonds is 5. The SMILES string of the molecule is CCc1onc(C)c1[C@@H]1CCCN1Cc1cccc(OC)c1O. The van der Waals surface area contributed by atoms with Crippen molar-refractivity contribution in [1.29, 1.82) is 0 Å². The zero-order chi connectivity index (χ0) is 16.4. The second-order valence-electron chi connectivity index (χ2n) is 6.05. The summed E-state index contributed by atoms with van der Waals surface area (Å²) in [5, 5.41) is 14.5. The lowest BCUT2D eigenvalue weighted by molar-refractivity contribution is 0.240. The molecule has 124 valence electrons. The van der Waals surface area contributed by atoms with E-state index in [1.807, 2.05) is 19.1 Å². The van der Waals surface area contributed by atoms with Crippen molar-refractivity contribution in [1.82, 2.24) is 10.1 Å². The molecule has 1 saturated heterocycles. The predicted octanol–water partition coefficient (Wildman–Crippen LogP) is 3.60. The number of aryl methyl sites for hydroxylation is 2. The molecule has 1 aromatic heterocycles. The number of phenols is 1. The Hall–Kier alpha value is -2.01. The van der Waals surface area contributed by atoms with Gasteiger partial charge in [0.1, 0.15) is 5.76 Å². The number of aromatic hydroxyl groups is 1. The van der Waals surface area contributed by atoms with E-state index in [1.54, 1.807) is 13.2 Å². The Labute approximate surface area is 136 Å². The Kier molecular flexibility index (Phi) is 4.57. The van der Waals surface area contributed by atoms with E-state index in [1.165, 1.54) is 5.56 Å². The van der Waals surface area contributed by atoms with Crippen molar-refractivity contribution in [3.05, 3.63) is 40.8 Å². The molecule has 5 heteroatoms. The number of methoxy groups -OCH3 is 1. The first-order chi connectivity index (χ1) is 11.2. The van der Waals surface area contributed by atoms with Crippen LogP contribution < -0.4 is 4.74 Å². The molecule has 23 heavy (non-hydrogen) atoms. The summed E-state index contributed by atoms with van der Waals surface area (Å²) in [6.07, 6.45) is 3.09. The van der Waals surface area contributed by atoms with E-state index in [2.05, 4.69) is 17.0 Å². The van der Waals surface area contributed by atoms with Gasteiger partial charge >= 0.3 is 0 Å². The molecule has 0 radical (unpaired) electrons. The molecule has 0 unspecified atom stereocenters. The molecule has 1 fully saturated rings. The number of ether oxygens (including phenoxy) is 1. The van der Waals surface area contributed by atoms with Crippen molar-refractivity contribution >= 4 is 0 Å². The Morgan fingerprint density at radius 2 is 2.26 bits per heavy atom. The van der Waals surface area contributed by atoms with E-state index in [4.69, 9.17) is 9.26 Å². The number of phenolic OH excluding ortho intramolecular Hbond substituents is 1. The Morgan fingerprint density at radius 1 is 1.43 bits per heavy atom. The summed E-state index contributed by atoms with van der Waals surface area (Å²) in [6.45, 7) is 5.81. The summed E-state index contributed by atoms with van der Waals surface area (Å²) in [7, 11) is 1.57. The number of nitrogens with zero attached hydrogens (tertiary/aromatic N) is 2. The Balaban J connectivity index is 1.87. The maximum absolute atomic E-state index is 10.3. The average Bonchev–Trinajstić information content (AvgIpc) is 3.15. The fourth-order valence-corrected chi connectivity index (χ4v) is 3.53. The lowest BCUT2D eigenvalue weighted by Crippen LogP contribution is -2.23.